The van der Waals surface area contributed by atoms with Crippen LogP contribution in [0.15, 0.2) is 18.2 Å². The smallest absolute Gasteiger partial charge is 0.257 e. The van der Waals surface area contributed by atoms with Gasteiger partial charge < -0.3 is 4.90 Å². The topological polar surface area (TPSA) is 20.3 Å². The molecule has 1 aromatic rings. The highest BCUT2D eigenvalue weighted by Crippen LogP contribution is 2.29. The van der Waals surface area contributed by atoms with Gasteiger partial charge in [0.1, 0.15) is 11.6 Å². The number of hydrogen-bond donors (Lipinski definition) is 0. The molecule has 4 heteroatoms. The minimum Gasteiger partial charge on any atom is -0.336 e. The molecule has 1 fully saturated rings. The Morgan fingerprint density at radius 3 is 2.58 bits per heavy atom. The summed E-state index contributed by atoms with van der Waals surface area (Å²) in [5, 5.41) is 0. The molecule has 1 aliphatic carbocycles. The molecule has 2 rings (SSSR count). The van der Waals surface area contributed by atoms with Crippen molar-refractivity contribution in [2.24, 2.45) is 5.92 Å². The second kappa shape index (κ2) is 5.68. The van der Waals surface area contributed by atoms with Crippen molar-refractivity contribution in [3.05, 3.63) is 35.4 Å². The van der Waals surface area contributed by atoms with Gasteiger partial charge in [-0.25, -0.2) is 8.78 Å². The summed E-state index contributed by atoms with van der Waals surface area (Å²) in [6, 6.07) is 3.36. The summed E-state index contributed by atoms with van der Waals surface area (Å²) < 4.78 is 26.5. The fourth-order valence-corrected chi connectivity index (χ4v) is 2.05. The molecule has 1 saturated carbocycles. The standard InChI is InChI=1S/C15H19F2NO/c1-10(2)7-8-18(12-4-5-12)15(19)13-6-3-11(16)9-14(13)17/h3,6,9-10,12H,4-5,7-8H2,1-2H3. The van der Waals surface area contributed by atoms with Crippen LogP contribution in [-0.2, 0) is 0 Å². The Morgan fingerprint density at radius 1 is 1.37 bits per heavy atom. The van der Waals surface area contributed by atoms with Crippen molar-refractivity contribution in [1.29, 1.82) is 0 Å². The van der Waals surface area contributed by atoms with E-state index in [0.717, 1.165) is 31.4 Å². The minimum atomic E-state index is -0.778. The van der Waals surface area contributed by atoms with Crippen LogP contribution >= 0.6 is 0 Å². The molecule has 0 heterocycles. The minimum absolute atomic E-state index is 0.0305. The molecule has 0 saturated heterocycles. The van der Waals surface area contributed by atoms with Crippen LogP contribution in [0.4, 0.5) is 8.78 Å². The van der Waals surface area contributed by atoms with Crippen molar-refractivity contribution in [3.63, 3.8) is 0 Å². The largest absolute Gasteiger partial charge is 0.336 e. The number of carbonyl (C=O) groups excluding carboxylic acids is 1. The van der Waals surface area contributed by atoms with Gasteiger partial charge in [0.05, 0.1) is 5.56 Å². The van der Waals surface area contributed by atoms with E-state index in [4.69, 9.17) is 0 Å². The zero-order valence-corrected chi connectivity index (χ0v) is 11.3. The first kappa shape index (κ1) is 14.0. The molecule has 0 radical (unpaired) electrons. The fraction of sp³-hybridized carbons (Fsp3) is 0.533. The number of halogens is 2. The Labute approximate surface area is 112 Å². The maximum atomic E-state index is 13.7. The summed E-state index contributed by atoms with van der Waals surface area (Å²) in [7, 11) is 0. The monoisotopic (exact) mass is 267 g/mol. The molecule has 1 amide bonds. The van der Waals surface area contributed by atoms with E-state index < -0.39 is 11.6 Å². The second-order valence-corrected chi connectivity index (χ2v) is 5.54. The van der Waals surface area contributed by atoms with E-state index >= 15 is 0 Å². The lowest BCUT2D eigenvalue weighted by Gasteiger charge is -2.23. The van der Waals surface area contributed by atoms with Crippen LogP contribution < -0.4 is 0 Å². The van der Waals surface area contributed by atoms with E-state index in [0.29, 0.717) is 12.5 Å². The van der Waals surface area contributed by atoms with E-state index in [-0.39, 0.29) is 17.5 Å². The first-order valence-corrected chi connectivity index (χ1v) is 6.75. The van der Waals surface area contributed by atoms with Crippen LogP contribution in [-0.4, -0.2) is 23.4 Å². The first-order chi connectivity index (χ1) is 8.99. The number of benzene rings is 1. The van der Waals surface area contributed by atoms with Gasteiger partial charge in [-0.1, -0.05) is 13.8 Å². The van der Waals surface area contributed by atoms with E-state index in [9.17, 15) is 13.6 Å². The summed E-state index contributed by atoms with van der Waals surface area (Å²) in [5.41, 5.74) is -0.0305. The molecule has 0 aliphatic heterocycles. The number of amides is 1. The quantitative estimate of drug-likeness (QED) is 0.798. The number of carbonyl (C=O) groups is 1. The molecule has 0 unspecified atom stereocenters. The van der Waals surface area contributed by atoms with Crippen LogP contribution in [0.3, 0.4) is 0 Å². The van der Waals surface area contributed by atoms with Crippen molar-refractivity contribution in [1.82, 2.24) is 4.90 Å². The summed E-state index contributed by atoms with van der Waals surface area (Å²) in [6.45, 7) is 4.82. The number of nitrogens with zero attached hydrogens (tertiary/aromatic N) is 1. The lowest BCUT2D eigenvalue weighted by molar-refractivity contribution is 0.0730. The average Bonchev–Trinajstić information content (AvgIpc) is 3.13. The van der Waals surface area contributed by atoms with Gasteiger partial charge in [-0.3, -0.25) is 4.79 Å². The summed E-state index contributed by atoms with van der Waals surface area (Å²) >= 11 is 0. The van der Waals surface area contributed by atoms with Crippen LogP contribution in [0.25, 0.3) is 0 Å². The van der Waals surface area contributed by atoms with Crippen LogP contribution in [0.2, 0.25) is 0 Å². The van der Waals surface area contributed by atoms with Gasteiger partial charge in [-0.15, -0.1) is 0 Å². The Hall–Kier alpha value is -1.45. The maximum absolute atomic E-state index is 13.7. The molecule has 2 nitrogen and oxygen atoms in total. The number of hydrogen-bond acceptors (Lipinski definition) is 1. The molecule has 19 heavy (non-hydrogen) atoms. The van der Waals surface area contributed by atoms with Gasteiger partial charge in [-0.2, -0.15) is 0 Å². The predicted molar refractivity (Wildman–Crippen MR) is 69.9 cm³/mol. The third-order valence-corrected chi connectivity index (χ3v) is 3.36. The highest BCUT2D eigenvalue weighted by molar-refractivity contribution is 5.94. The SMILES string of the molecule is CC(C)CCN(C(=O)c1ccc(F)cc1F)C1CC1. The molecular weight excluding hydrogens is 248 g/mol. The molecule has 0 atom stereocenters. The van der Waals surface area contributed by atoms with E-state index in [1.165, 1.54) is 6.07 Å². The van der Waals surface area contributed by atoms with Gasteiger partial charge in [0.25, 0.3) is 5.91 Å². The lowest BCUT2D eigenvalue weighted by Crippen LogP contribution is -2.35. The highest BCUT2D eigenvalue weighted by Gasteiger charge is 2.33. The molecule has 104 valence electrons. The highest BCUT2D eigenvalue weighted by atomic mass is 19.1. The number of rotatable bonds is 5. The zero-order chi connectivity index (χ0) is 14.0. The first-order valence-electron chi connectivity index (χ1n) is 6.75. The van der Waals surface area contributed by atoms with Gasteiger partial charge in [0.2, 0.25) is 0 Å². The lowest BCUT2D eigenvalue weighted by atomic mass is 10.1. The van der Waals surface area contributed by atoms with Gasteiger partial charge in [0.15, 0.2) is 0 Å². The van der Waals surface area contributed by atoms with Gasteiger partial charge in [-0.05, 0) is 37.3 Å². The fourth-order valence-electron chi connectivity index (χ4n) is 2.05. The third-order valence-electron chi connectivity index (χ3n) is 3.36. The van der Waals surface area contributed by atoms with Crippen LogP contribution in [0.1, 0.15) is 43.5 Å². The average molecular weight is 267 g/mol. The summed E-state index contributed by atoms with van der Waals surface area (Å²) in [5.74, 6) is -1.26. The Balaban J connectivity index is 2.14. The van der Waals surface area contributed by atoms with Crippen molar-refractivity contribution in [2.45, 2.75) is 39.2 Å². The van der Waals surface area contributed by atoms with Gasteiger partial charge in [0, 0.05) is 18.7 Å². The zero-order valence-electron chi connectivity index (χ0n) is 11.3. The summed E-state index contributed by atoms with van der Waals surface area (Å²) in [6.07, 6.45) is 2.85. The Kier molecular flexibility index (Phi) is 4.17. The molecule has 0 spiro atoms. The normalized spacial score (nSPS) is 14.8. The summed E-state index contributed by atoms with van der Waals surface area (Å²) in [4.78, 5) is 14.1. The van der Waals surface area contributed by atoms with Crippen molar-refractivity contribution >= 4 is 5.91 Å². The van der Waals surface area contributed by atoms with E-state index in [1.54, 1.807) is 4.90 Å². The van der Waals surface area contributed by atoms with Crippen molar-refractivity contribution in [3.8, 4) is 0 Å². The molecule has 1 aromatic carbocycles. The Morgan fingerprint density at radius 2 is 2.05 bits per heavy atom. The maximum Gasteiger partial charge on any atom is 0.257 e. The Bertz CT molecular complexity index is 469. The van der Waals surface area contributed by atoms with Gasteiger partial charge >= 0.3 is 0 Å². The second-order valence-electron chi connectivity index (χ2n) is 5.54. The molecule has 0 bridgehead atoms. The van der Waals surface area contributed by atoms with E-state index in [2.05, 4.69) is 13.8 Å². The van der Waals surface area contributed by atoms with Crippen molar-refractivity contribution in [2.75, 3.05) is 6.54 Å². The third kappa shape index (κ3) is 3.52. The predicted octanol–water partition coefficient (Wildman–Crippen LogP) is 3.62. The molecule has 0 N–H and O–H groups in total. The molecular formula is C15H19F2NO. The van der Waals surface area contributed by atoms with Crippen LogP contribution in [0, 0.1) is 17.6 Å². The van der Waals surface area contributed by atoms with Crippen LogP contribution in [0.5, 0.6) is 0 Å². The van der Waals surface area contributed by atoms with Crippen molar-refractivity contribution < 1.29 is 13.6 Å². The molecule has 0 aromatic heterocycles. The molecule has 1 aliphatic rings. The van der Waals surface area contributed by atoms with E-state index in [1.807, 2.05) is 0 Å².